The topological polar surface area (TPSA) is 102 Å². The van der Waals surface area contributed by atoms with Gasteiger partial charge in [-0.1, -0.05) is 13.8 Å². The molecule has 2 fully saturated rings. The van der Waals surface area contributed by atoms with Gasteiger partial charge in [0.1, 0.15) is 18.2 Å². The molecule has 9 heteroatoms. The Morgan fingerprint density at radius 1 is 1.00 bits per heavy atom. The highest BCUT2D eigenvalue weighted by Gasteiger charge is 2.49. The Kier molecular flexibility index (Phi) is 8.88. The van der Waals surface area contributed by atoms with Crippen LogP contribution >= 0.6 is 0 Å². The third-order valence-electron chi connectivity index (χ3n) is 6.93. The van der Waals surface area contributed by atoms with Crippen LogP contribution in [0.1, 0.15) is 87.5 Å². The molecule has 0 radical (unpaired) electrons. The first kappa shape index (κ1) is 28.9. The van der Waals surface area contributed by atoms with E-state index >= 15 is 0 Å². The summed E-state index contributed by atoms with van der Waals surface area (Å²) < 4.78 is 15.8. The third-order valence-corrected chi connectivity index (χ3v) is 6.93. The molecule has 1 saturated carbocycles. The minimum absolute atomic E-state index is 0.0333. The minimum Gasteiger partial charge on any atom is -0.467 e. The number of amides is 2. The highest BCUT2D eigenvalue weighted by molar-refractivity contribution is 5.85. The molecule has 9 nitrogen and oxygen atoms in total. The standard InChI is InChI=1S/C26H44N2O7/c1-17(29)34-16-26(7,8)22(31)28(18-10-12-25(5,6)13-11-18)19-14-20(21(30)33-9)27(15-19)23(32)35-24(2,3)4/h18-20H,10-16H2,1-9H3/t19-,20-/m0/s1. The lowest BCUT2D eigenvalue weighted by Gasteiger charge is -2.45. The van der Waals surface area contributed by atoms with E-state index in [9.17, 15) is 19.2 Å². The van der Waals surface area contributed by atoms with Gasteiger partial charge in [0.25, 0.3) is 0 Å². The quantitative estimate of drug-likeness (QED) is 0.406. The van der Waals surface area contributed by atoms with Crippen LogP contribution in [-0.4, -0.2) is 77.7 Å². The predicted octanol–water partition coefficient (Wildman–Crippen LogP) is 3.92. The molecule has 0 unspecified atom stereocenters. The molecule has 1 aliphatic heterocycles. The summed E-state index contributed by atoms with van der Waals surface area (Å²) in [4.78, 5) is 54.3. The van der Waals surface area contributed by atoms with Crippen LogP contribution in [-0.2, 0) is 28.6 Å². The molecule has 2 aliphatic rings. The molecule has 1 aliphatic carbocycles. The predicted molar refractivity (Wildman–Crippen MR) is 130 cm³/mol. The lowest BCUT2D eigenvalue weighted by molar-refractivity contribution is -0.156. The van der Waals surface area contributed by atoms with Crippen molar-refractivity contribution in [1.29, 1.82) is 0 Å². The summed E-state index contributed by atoms with van der Waals surface area (Å²) in [5, 5.41) is 0. The summed E-state index contributed by atoms with van der Waals surface area (Å²) in [5.41, 5.74) is -1.49. The van der Waals surface area contributed by atoms with Crippen molar-refractivity contribution in [3.8, 4) is 0 Å². The number of hydrogen-bond donors (Lipinski definition) is 0. The molecule has 0 N–H and O–H groups in total. The zero-order valence-electron chi connectivity index (χ0n) is 22.9. The fourth-order valence-electron chi connectivity index (χ4n) is 4.88. The number of carbonyl (C=O) groups is 4. The number of ether oxygens (including phenoxy) is 3. The van der Waals surface area contributed by atoms with Crippen LogP contribution in [0.3, 0.4) is 0 Å². The van der Waals surface area contributed by atoms with Gasteiger partial charge in [-0.25, -0.2) is 9.59 Å². The lowest BCUT2D eigenvalue weighted by atomic mass is 9.74. The van der Waals surface area contributed by atoms with Crippen molar-refractivity contribution in [3.63, 3.8) is 0 Å². The Hall–Kier alpha value is -2.32. The lowest BCUT2D eigenvalue weighted by Crippen LogP contribution is -2.55. The van der Waals surface area contributed by atoms with Crippen LogP contribution in [0.25, 0.3) is 0 Å². The maximum atomic E-state index is 14.0. The largest absolute Gasteiger partial charge is 0.467 e. The maximum Gasteiger partial charge on any atom is 0.411 e. The average molecular weight is 497 g/mol. The molecule has 0 spiro atoms. The summed E-state index contributed by atoms with van der Waals surface area (Å²) in [6.07, 6.45) is 3.25. The van der Waals surface area contributed by atoms with Gasteiger partial charge in [-0.15, -0.1) is 0 Å². The average Bonchev–Trinajstić information content (AvgIpc) is 3.17. The highest BCUT2D eigenvalue weighted by Crippen LogP contribution is 2.40. The van der Waals surface area contributed by atoms with E-state index in [0.717, 1.165) is 25.7 Å². The van der Waals surface area contributed by atoms with Gasteiger partial charge in [0, 0.05) is 25.9 Å². The molecule has 2 rings (SSSR count). The smallest absolute Gasteiger partial charge is 0.411 e. The number of nitrogens with zero attached hydrogens (tertiary/aromatic N) is 2. The van der Waals surface area contributed by atoms with Gasteiger partial charge >= 0.3 is 18.0 Å². The second-order valence-corrected chi connectivity index (χ2v) is 12.3. The van der Waals surface area contributed by atoms with Gasteiger partial charge in [0.05, 0.1) is 18.6 Å². The van der Waals surface area contributed by atoms with Crippen LogP contribution < -0.4 is 0 Å². The summed E-state index contributed by atoms with van der Waals surface area (Å²) in [6.45, 7) is 14.7. The normalized spacial score (nSPS) is 22.9. The fraction of sp³-hybridized carbons (Fsp3) is 0.846. The monoisotopic (exact) mass is 496 g/mol. The Balaban J connectivity index is 2.38. The fourth-order valence-corrected chi connectivity index (χ4v) is 4.88. The summed E-state index contributed by atoms with van der Waals surface area (Å²) in [5.74, 6) is -1.13. The van der Waals surface area contributed by atoms with E-state index in [1.54, 1.807) is 34.6 Å². The van der Waals surface area contributed by atoms with Crippen LogP contribution in [0.4, 0.5) is 4.79 Å². The molecule has 2 atom stereocenters. The van der Waals surface area contributed by atoms with Crippen LogP contribution in [0.2, 0.25) is 0 Å². The molecular formula is C26H44N2O7. The molecule has 35 heavy (non-hydrogen) atoms. The Morgan fingerprint density at radius 3 is 2.06 bits per heavy atom. The SMILES string of the molecule is COC(=O)[C@@H]1C[C@H](N(C(=O)C(C)(C)COC(C)=O)C2CCC(C)(C)CC2)CN1C(=O)OC(C)(C)C. The summed E-state index contributed by atoms with van der Waals surface area (Å²) >= 11 is 0. The first-order chi connectivity index (χ1) is 16.0. The van der Waals surface area contributed by atoms with Gasteiger partial charge in [0.15, 0.2) is 0 Å². The molecule has 1 heterocycles. The van der Waals surface area contributed by atoms with E-state index in [1.807, 2.05) is 4.90 Å². The molecule has 0 aromatic rings. The van der Waals surface area contributed by atoms with E-state index in [2.05, 4.69) is 13.8 Å². The van der Waals surface area contributed by atoms with Crippen molar-refractivity contribution >= 4 is 23.9 Å². The maximum absolute atomic E-state index is 14.0. The van der Waals surface area contributed by atoms with Crippen LogP contribution in [0.5, 0.6) is 0 Å². The second-order valence-electron chi connectivity index (χ2n) is 12.3. The first-order valence-electron chi connectivity index (χ1n) is 12.5. The van der Waals surface area contributed by atoms with E-state index in [-0.39, 0.29) is 43.0 Å². The summed E-state index contributed by atoms with van der Waals surface area (Å²) in [6, 6.07) is -1.26. The Morgan fingerprint density at radius 2 is 1.57 bits per heavy atom. The Bertz CT molecular complexity index is 805. The first-order valence-corrected chi connectivity index (χ1v) is 12.5. The number of methoxy groups -OCH3 is 1. The molecule has 0 aromatic carbocycles. The van der Waals surface area contributed by atoms with Crippen molar-refractivity contribution in [1.82, 2.24) is 9.80 Å². The number of hydrogen-bond acceptors (Lipinski definition) is 7. The zero-order chi connectivity index (χ0) is 26.8. The number of likely N-dealkylation sites (tertiary alicyclic amines) is 1. The van der Waals surface area contributed by atoms with Crippen molar-refractivity contribution in [2.24, 2.45) is 10.8 Å². The van der Waals surface area contributed by atoms with Gasteiger partial charge in [-0.2, -0.15) is 0 Å². The molecule has 200 valence electrons. The third kappa shape index (κ3) is 7.58. The van der Waals surface area contributed by atoms with E-state index in [1.165, 1.54) is 18.9 Å². The van der Waals surface area contributed by atoms with Crippen molar-refractivity contribution in [3.05, 3.63) is 0 Å². The molecule has 1 saturated heterocycles. The molecular weight excluding hydrogens is 452 g/mol. The van der Waals surface area contributed by atoms with Crippen molar-refractivity contribution in [2.75, 3.05) is 20.3 Å². The van der Waals surface area contributed by atoms with Crippen molar-refractivity contribution in [2.45, 2.75) is 111 Å². The van der Waals surface area contributed by atoms with E-state index in [4.69, 9.17) is 14.2 Å². The highest BCUT2D eigenvalue weighted by atomic mass is 16.6. The van der Waals surface area contributed by atoms with Crippen LogP contribution in [0.15, 0.2) is 0 Å². The second kappa shape index (κ2) is 10.7. The van der Waals surface area contributed by atoms with Gasteiger partial charge in [0.2, 0.25) is 5.91 Å². The number of esters is 2. The number of rotatable bonds is 6. The number of carbonyl (C=O) groups excluding carboxylic acids is 4. The van der Waals surface area contributed by atoms with E-state index < -0.39 is 35.1 Å². The van der Waals surface area contributed by atoms with Gasteiger partial charge in [-0.05, 0) is 65.7 Å². The molecule has 0 aromatic heterocycles. The zero-order valence-corrected chi connectivity index (χ0v) is 22.9. The van der Waals surface area contributed by atoms with Crippen LogP contribution in [0, 0.1) is 10.8 Å². The van der Waals surface area contributed by atoms with Gasteiger partial charge < -0.3 is 19.1 Å². The summed E-state index contributed by atoms with van der Waals surface area (Å²) in [7, 11) is 1.29. The molecule has 2 amide bonds. The van der Waals surface area contributed by atoms with E-state index in [0.29, 0.717) is 0 Å². The minimum atomic E-state index is -0.960. The van der Waals surface area contributed by atoms with Gasteiger partial charge in [-0.3, -0.25) is 14.5 Å². The van der Waals surface area contributed by atoms with Crippen molar-refractivity contribution < 1.29 is 33.4 Å². The Labute approximate surface area is 209 Å². The molecule has 0 bridgehead atoms.